The first-order valence-electron chi connectivity index (χ1n) is 5.17. The topological polar surface area (TPSA) is 46.5 Å². The minimum atomic E-state index is -0.717. The summed E-state index contributed by atoms with van der Waals surface area (Å²) < 4.78 is 5.45. The smallest absolute Gasteiger partial charge is 0.304 e. The first-order valence-corrected chi connectivity index (χ1v) is 5.17. The van der Waals surface area contributed by atoms with Crippen molar-refractivity contribution in [2.24, 2.45) is 10.8 Å². The zero-order chi connectivity index (χ0) is 10.8. The van der Waals surface area contributed by atoms with Crippen LogP contribution in [0.25, 0.3) is 0 Å². The maximum absolute atomic E-state index is 10.9. The van der Waals surface area contributed by atoms with Gasteiger partial charge in [0.05, 0.1) is 13.0 Å². The van der Waals surface area contributed by atoms with Crippen molar-refractivity contribution in [1.29, 1.82) is 0 Å². The van der Waals surface area contributed by atoms with Gasteiger partial charge < -0.3 is 9.84 Å². The first-order chi connectivity index (χ1) is 6.37. The summed E-state index contributed by atoms with van der Waals surface area (Å²) in [5.41, 5.74) is -0.192. The van der Waals surface area contributed by atoms with E-state index >= 15 is 0 Å². The molecule has 0 spiro atoms. The Morgan fingerprint density at radius 1 is 1.50 bits per heavy atom. The Hall–Kier alpha value is -0.570. The molecule has 1 saturated heterocycles. The summed E-state index contributed by atoms with van der Waals surface area (Å²) >= 11 is 0. The van der Waals surface area contributed by atoms with Gasteiger partial charge in [0.25, 0.3) is 0 Å². The average molecular weight is 200 g/mol. The number of hydrogen-bond donors (Lipinski definition) is 1. The van der Waals surface area contributed by atoms with Crippen LogP contribution in [0.15, 0.2) is 0 Å². The van der Waals surface area contributed by atoms with Gasteiger partial charge in [-0.25, -0.2) is 0 Å². The molecule has 0 aliphatic carbocycles. The van der Waals surface area contributed by atoms with Crippen molar-refractivity contribution >= 4 is 5.97 Å². The zero-order valence-corrected chi connectivity index (χ0v) is 9.30. The third-order valence-electron chi connectivity index (χ3n) is 3.40. The zero-order valence-electron chi connectivity index (χ0n) is 9.30. The monoisotopic (exact) mass is 200 g/mol. The standard InChI is InChI=1S/C11H20O3/c1-10(2,3)11(7-9(12)13)5-4-6-14-8-11/h4-8H2,1-3H3,(H,12,13). The Morgan fingerprint density at radius 2 is 2.14 bits per heavy atom. The summed E-state index contributed by atoms with van der Waals surface area (Å²) in [6, 6.07) is 0. The molecule has 0 bridgehead atoms. The SMILES string of the molecule is CC(C)(C)C1(CC(=O)O)CCCOC1. The number of carboxylic acids is 1. The van der Waals surface area contributed by atoms with Crippen LogP contribution in [0.3, 0.4) is 0 Å². The van der Waals surface area contributed by atoms with Crippen LogP contribution in [0.2, 0.25) is 0 Å². The lowest BCUT2D eigenvalue weighted by molar-refractivity contribution is -0.148. The van der Waals surface area contributed by atoms with Crippen molar-refractivity contribution in [1.82, 2.24) is 0 Å². The van der Waals surface area contributed by atoms with Crippen LogP contribution in [0.5, 0.6) is 0 Å². The summed E-state index contributed by atoms with van der Waals surface area (Å²) in [5, 5.41) is 8.94. The van der Waals surface area contributed by atoms with E-state index in [2.05, 4.69) is 20.8 Å². The summed E-state index contributed by atoms with van der Waals surface area (Å²) in [4.78, 5) is 10.9. The molecule has 14 heavy (non-hydrogen) atoms. The second kappa shape index (κ2) is 3.89. The second-order valence-corrected chi connectivity index (χ2v) is 5.26. The van der Waals surface area contributed by atoms with Gasteiger partial charge >= 0.3 is 5.97 Å². The van der Waals surface area contributed by atoms with Crippen LogP contribution in [0.1, 0.15) is 40.0 Å². The molecule has 1 atom stereocenters. The van der Waals surface area contributed by atoms with E-state index in [0.717, 1.165) is 19.4 Å². The first kappa shape index (κ1) is 11.5. The Labute approximate surface area is 85.5 Å². The summed E-state index contributed by atoms with van der Waals surface area (Å²) in [7, 11) is 0. The van der Waals surface area contributed by atoms with Gasteiger partial charge in [0.1, 0.15) is 0 Å². The number of aliphatic carboxylic acids is 1. The normalized spacial score (nSPS) is 28.8. The lowest BCUT2D eigenvalue weighted by Crippen LogP contribution is -2.44. The maximum Gasteiger partial charge on any atom is 0.304 e. The van der Waals surface area contributed by atoms with E-state index in [1.54, 1.807) is 0 Å². The molecule has 1 aliphatic rings. The quantitative estimate of drug-likeness (QED) is 0.744. The average Bonchev–Trinajstić information content (AvgIpc) is 2.02. The number of rotatable bonds is 2. The van der Waals surface area contributed by atoms with Gasteiger partial charge in [-0.15, -0.1) is 0 Å². The van der Waals surface area contributed by atoms with E-state index in [0.29, 0.717) is 6.61 Å². The van der Waals surface area contributed by atoms with Gasteiger partial charge in [-0.1, -0.05) is 20.8 Å². The Balaban J connectivity index is 2.83. The van der Waals surface area contributed by atoms with Crippen LogP contribution >= 0.6 is 0 Å². The van der Waals surface area contributed by atoms with Gasteiger partial charge in [0.15, 0.2) is 0 Å². The molecular formula is C11H20O3. The van der Waals surface area contributed by atoms with E-state index in [1.807, 2.05) is 0 Å². The molecule has 0 aromatic carbocycles. The third kappa shape index (κ3) is 2.27. The van der Waals surface area contributed by atoms with Crippen LogP contribution in [-0.4, -0.2) is 24.3 Å². The van der Waals surface area contributed by atoms with Gasteiger partial charge in [0.2, 0.25) is 0 Å². The number of carbonyl (C=O) groups is 1. The highest BCUT2D eigenvalue weighted by Crippen LogP contribution is 2.47. The minimum Gasteiger partial charge on any atom is -0.481 e. The molecule has 0 saturated carbocycles. The van der Waals surface area contributed by atoms with Gasteiger partial charge in [-0.2, -0.15) is 0 Å². The molecule has 0 aromatic rings. The van der Waals surface area contributed by atoms with E-state index in [4.69, 9.17) is 9.84 Å². The van der Waals surface area contributed by atoms with Gasteiger partial charge in [-0.3, -0.25) is 4.79 Å². The molecule has 0 radical (unpaired) electrons. The predicted molar refractivity (Wildman–Crippen MR) is 54.2 cm³/mol. The molecule has 3 heteroatoms. The van der Waals surface area contributed by atoms with Crippen molar-refractivity contribution in [2.45, 2.75) is 40.0 Å². The van der Waals surface area contributed by atoms with E-state index in [1.165, 1.54) is 0 Å². The van der Waals surface area contributed by atoms with Crippen LogP contribution in [-0.2, 0) is 9.53 Å². The van der Waals surface area contributed by atoms with Crippen molar-refractivity contribution in [3.8, 4) is 0 Å². The van der Waals surface area contributed by atoms with Crippen molar-refractivity contribution in [3.05, 3.63) is 0 Å². The molecule has 1 unspecified atom stereocenters. The second-order valence-electron chi connectivity index (χ2n) is 5.26. The Bertz CT molecular complexity index is 209. The van der Waals surface area contributed by atoms with Crippen molar-refractivity contribution < 1.29 is 14.6 Å². The van der Waals surface area contributed by atoms with Crippen LogP contribution in [0, 0.1) is 10.8 Å². The summed E-state index contributed by atoms with van der Waals surface area (Å²) in [5.74, 6) is -0.717. The highest BCUT2D eigenvalue weighted by molar-refractivity contribution is 5.68. The molecule has 1 heterocycles. The molecule has 3 nitrogen and oxygen atoms in total. The molecule has 1 fully saturated rings. The molecule has 0 aromatic heterocycles. The van der Waals surface area contributed by atoms with Gasteiger partial charge in [-0.05, 0) is 18.3 Å². The largest absolute Gasteiger partial charge is 0.481 e. The number of hydrogen-bond acceptors (Lipinski definition) is 2. The molecule has 1 rings (SSSR count). The van der Waals surface area contributed by atoms with E-state index in [9.17, 15) is 4.79 Å². The lowest BCUT2D eigenvalue weighted by atomic mass is 9.62. The van der Waals surface area contributed by atoms with E-state index in [-0.39, 0.29) is 17.3 Å². The number of carboxylic acid groups (broad SMARTS) is 1. The fourth-order valence-corrected chi connectivity index (χ4v) is 2.14. The molecule has 82 valence electrons. The number of ether oxygens (including phenoxy) is 1. The highest BCUT2D eigenvalue weighted by Gasteiger charge is 2.44. The maximum atomic E-state index is 10.9. The van der Waals surface area contributed by atoms with Crippen LogP contribution in [0.4, 0.5) is 0 Å². The third-order valence-corrected chi connectivity index (χ3v) is 3.40. The predicted octanol–water partition coefficient (Wildman–Crippen LogP) is 2.30. The Kier molecular flexibility index (Phi) is 3.20. The minimum absolute atomic E-state index is 0.00812. The molecule has 1 aliphatic heterocycles. The van der Waals surface area contributed by atoms with E-state index < -0.39 is 5.97 Å². The van der Waals surface area contributed by atoms with Crippen LogP contribution < -0.4 is 0 Å². The lowest BCUT2D eigenvalue weighted by Gasteiger charge is -2.46. The fraction of sp³-hybridized carbons (Fsp3) is 0.909. The molecule has 0 amide bonds. The fourth-order valence-electron chi connectivity index (χ4n) is 2.14. The van der Waals surface area contributed by atoms with Crippen molar-refractivity contribution in [2.75, 3.05) is 13.2 Å². The highest BCUT2D eigenvalue weighted by atomic mass is 16.5. The van der Waals surface area contributed by atoms with Crippen molar-refractivity contribution in [3.63, 3.8) is 0 Å². The molecule has 1 N–H and O–H groups in total. The Morgan fingerprint density at radius 3 is 2.50 bits per heavy atom. The van der Waals surface area contributed by atoms with Gasteiger partial charge in [0, 0.05) is 12.0 Å². The summed E-state index contributed by atoms with van der Waals surface area (Å²) in [6.45, 7) is 7.67. The summed E-state index contributed by atoms with van der Waals surface area (Å²) in [6.07, 6.45) is 2.16. The molecular weight excluding hydrogens is 180 g/mol.